The van der Waals surface area contributed by atoms with E-state index in [2.05, 4.69) is 5.32 Å². The van der Waals surface area contributed by atoms with Gasteiger partial charge < -0.3 is 15.3 Å². The van der Waals surface area contributed by atoms with Gasteiger partial charge in [0.05, 0.1) is 18.2 Å². The number of benzene rings is 1. The smallest absolute Gasteiger partial charge is 0.242 e. The van der Waals surface area contributed by atoms with E-state index in [0.29, 0.717) is 24.2 Å². The molecule has 0 saturated carbocycles. The largest absolute Gasteiger partial charge is 0.392 e. The summed E-state index contributed by atoms with van der Waals surface area (Å²) in [4.78, 5) is 14.2. The van der Waals surface area contributed by atoms with E-state index in [0.717, 1.165) is 0 Å². The number of carbonyl (C=O) groups excluding carboxylic acids is 1. The Kier molecular flexibility index (Phi) is 4.56. The van der Waals surface area contributed by atoms with E-state index in [1.54, 1.807) is 4.90 Å². The summed E-state index contributed by atoms with van der Waals surface area (Å²) in [6.07, 6.45) is 0. The van der Waals surface area contributed by atoms with Crippen molar-refractivity contribution < 1.29 is 14.3 Å². The third kappa shape index (κ3) is 3.05. The molecule has 0 unspecified atom stereocenters. The van der Waals surface area contributed by atoms with Gasteiger partial charge in [-0.1, -0.05) is 11.6 Å². The fourth-order valence-electron chi connectivity index (χ4n) is 2.73. The monoisotopic (exact) mass is 314 g/mol. The molecular weight excluding hydrogens is 295 g/mol. The molecule has 4 nitrogen and oxygen atoms in total. The Hall–Kier alpha value is -1.17. The van der Waals surface area contributed by atoms with Gasteiger partial charge in [-0.2, -0.15) is 0 Å². The van der Waals surface area contributed by atoms with E-state index >= 15 is 0 Å². The Balaban J connectivity index is 2.40. The van der Waals surface area contributed by atoms with Crippen molar-refractivity contribution in [2.75, 3.05) is 13.1 Å². The highest BCUT2D eigenvalue weighted by molar-refractivity contribution is 6.31. The maximum atomic E-state index is 13.6. The Morgan fingerprint density at radius 2 is 2.19 bits per heavy atom. The topological polar surface area (TPSA) is 52.6 Å². The first-order valence-corrected chi connectivity index (χ1v) is 7.30. The van der Waals surface area contributed by atoms with Crippen LogP contribution < -0.4 is 5.32 Å². The quantitative estimate of drug-likeness (QED) is 0.899. The summed E-state index contributed by atoms with van der Waals surface area (Å²) in [5, 5.41) is 12.8. The normalized spacial score (nSPS) is 19.7. The molecule has 21 heavy (non-hydrogen) atoms. The minimum Gasteiger partial charge on any atom is -0.392 e. The summed E-state index contributed by atoms with van der Waals surface area (Å²) in [5.74, 6) is -0.522. The molecule has 0 spiro atoms. The van der Waals surface area contributed by atoms with E-state index in [9.17, 15) is 14.3 Å². The highest BCUT2D eigenvalue weighted by atomic mass is 35.5. The van der Waals surface area contributed by atoms with Crippen LogP contribution >= 0.6 is 11.6 Å². The van der Waals surface area contributed by atoms with Crippen LogP contribution in [-0.2, 0) is 11.4 Å². The van der Waals surface area contributed by atoms with Crippen LogP contribution in [0, 0.1) is 5.82 Å². The number of rotatable bonds is 3. The average Bonchev–Trinajstić information content (AvgIpc) is 2.40. The summed E-state index contributed by atoms with van der Waals surface area (Å²) in [6.45, 7) is 6.37. The molecule has 1 aliphatic rings. The zero-order valence-corrected chi connectivity index (χ0v) is 13.2. The number of aliphatic hydroxyl groups is 1. The molecule has 0 aliphatic carbocycles. The maximum absolute atomic E-state index is 13.6. The lowest BCUT2D eigenvalue weighted by molar-refractivity contribution is -0.142. The van der Waals surface area contributed by atoms with Gasteiger partial charge in [-0.25, -0.2) is 4.39 Å². The van der Waals surface area contributed by atoms with Crippen LogP contribution in [0.15, 0.2) is 12.1 Å². The molecule has 0 bridgehead atoms. The van der Waals surface area contributed by atoms with Gasteiger partial charge in [0.25, 0.3) is 0 Å². The van der Waals surface area contributed by atoms with E-state index in [-0.39, 0.29) is 23.6 Å². The average molecular weight is 315 g/mol. The van der Waals surface area contributed by atoms with Crippen LogP contribution in [0.5, 0.6) is 0 Å². The molecule has 0 radical (unpaired) electrons. The third-order valence-corrected chi connectivity index (χ3v) is 4.32. The molecule has 0 aromatic heterocycles. The van der Waals surface area contributed by atoms with Crippen LogP contribution in [0.2, 0.25) is 5.02 Å². The Labute approximate surface area is 128 Å². The number of halogens is 2. The fraction of sp³-hybridized carbons (Fsp3) is 0.533. The van der Waals surface area contributed by atoms with E-state index in [1.165, 1.54) is 12.1 Å². The lowest BCUT2D eigenvalue weighted by atomic mass is 9.95. The molecule has 116 valence electrons. The maximum Gasteiger partial charge on any atom is 0.242 e. The molecular formula is C15H20ClFN2O2. The summed E-state index contributed by atoms with van der Waals surface area (Å²) in [7, 11) is 0. The number of hydrogen-bond donors (Lipinski definition) is 2. The predicted octanol–water partition coefficient (Wildman–Crippen LogP) is 2.24. The SMILES string of the molecule is C[C@@H](c1cc(F)cc(Cl)c1CO)N1CCNC(C)(C)C1=O. The molecule has 1 heterocycles. The number of nitrogens with one attached hydrogen (secondary N) is 1. The predicted molar refractivity (Wildman–Crippen MR) is 79.5 cm³/mol. The van der Waals surface area contributed by atoms with Crippen molar-refractivity contribution in [3.8, 4) is 0 Å². The number of aliphatic hydroxyl groups excluding tert-OH is 1. The molecule has 2 rings (SSSR count). The zero-order chi connectivity index (χ0) is 15.8. The summed E-state index contributed by atoms with van der Waals surface area (Å²) >= 11 is 5.99. The van der Waals surface area contributed by atoms with Gasteiger partial charge in [0.1, 0.15) is 5.82 Å². The summed E-state index contributed by atoms with van der Waals surface area (Å²) < 4.78 is 13.6. The minimum absolute atomic E-state index is 0.0504. The third-order valence-electron chi connectivity index (χ3n) is 3.99. The van der Waals surface area contributed by atoms with Gasteiger partial charge in [0.2, 0.25) is 5.91 Å². The van der Waals surface area contributed by atoms with Gasteiger partial charge >= 0.3 is 0 Å². The number of piperazine rings is 1. The van der Waals surface area contributed by atoms with Crippen molar-refractivity contribution in [2.45, 2.75) is 39.0 Å². The first-order chi connectivity index (χ1) is 9.77. The molecule has 1 fully saturated rings. The fourth-order valence-corrected chi connectivity index (χ4v) is 3.00. The van der Waals surface area contributed by atoms with Crippen LogP contribution in [0.4, 0.5) is 4.39 Å². The molecule has 1 aromatic carbocycles. The van der Waals surface area contributed by atoms with Crippen molar-refractivity contribution in [1.82, 2.24) is 10.2 Å². The number of carbonyl (C=O) groups is 1. The van der Waals surface area contributed by atoms with Gasteiger partial charge in [-0.3, -0.25) is 4.79 Å². The molecule has 1 saturated heterocycles. The molecule has 2 N–H and O–H groups in total. The van der Waals surface area contributed by atoms with Crippen molar-refractivity contribution in [3.05, 3.63) is 34.1 Å². The Bertz CT molecular complexity index is 563. The molecule has 6 heteroatoms. The van der Waals surface area contributed by atoms with Gasteiger partial charge in [0.15, 0.2) is 0 Å². The van der Waals surface area contributed by atoms with Gasteiger partial charge in [-0.15, -0.1) is 0 Å². The number of amides is 1. The van der Waals surface area contributed by atoms with E-state index in [4.69, 9.17) is 11.6 Å². The molecule has 1 aromatic rings. The zero-order valence-electron chi connectivity index (χ0n) is 12.4. The molecule has 1 aliphatic heterocycles. The second-order valence-electron chi connectivity index (χ2n) is 5.84. The number of nitrogens with zero attached hydrogens (tertiary/aromatic N) is 1. The first kappa shape index (κ1) is 16.2. The van der Waals surface area contributed by atoms with Gasteiger partial charge in [0, 0.05) is 23.7 Å². The van der Waals surface area contributed by atoms with Crippen molar-refractivity contribution in [1.29, 1.82) is 0 Å². The second-order valence-corrected chi connectivity index (χ2v) is 6.25. The van der Waals surface area contributed by atoms with E-state index in [1.807, 2.05) is 20.8 Å². The standard InChI is InChI=1S/C15H20ClFN2O2/c1-9(19-5-4-18-15(2,3)14(19)21)11-6-10(17)7-13(16)12(11)8-20/h6-7,9,18,20H,4-5,8H2,1-3H3/t9-/m0/s1. The lowest BCUT2D eigenvalue weighted by Crippen LogP contribution is -2.61. The van der Waals surface area contributed by atoms with E-state index < -0.39 is 11.4 Å². The first-order valence-electron chi connectivity index (χ1n) is 6.92. The lowest BCUT2D eigenvalue weighted by Gasteiger charge is -2.41. The van der Waals surface area contributed by atoms with Crippen LogP contribution in [0.25, 0.3) is 0 Å². The van der Waals surface area contributed by atoms with Crippen molar-refractivity contribution in [2.24, 2.45) is 0 Å². The van der Waals surface area contributed by atoms with Crippen LogP contribution in [0.3, 0.4) is 0 Å². The highest BCUT2D eigenvalue weighted by Crippen LogP contribution is 2.32. The molecule has 1 amide bonds. The van der Waals surface area contributed by atoms with Crippen molar-refractivity contribution in [3.63, 3.8) is 0 Å². The van der Waals surface area contributed by atoms with Crippen LogP contribution in [-0.4, -0.2) is 34.5 Å². The van der Waals surface area contributed by atoms with Crippen LogP contribution in [0.1, 0.15) is 37.9 Å². The summed E-state index contributed by atoms with van der Waals surface area (Å²) in [5.41, 5.74) is 0.367. The highest BCUT2D eigenvalue weighted by Gasteiger charge is 2.38. The Morgan fingerprint density at radius 1 is 1.52 bits per heavy atom. The van der Waals surface area contributed by atoms with Crippen molar-refractivity contribution >= 4 is 17.5 Å². The minimum atomic E-state index is -0.650. The molecule has 1 atom stereocenters. The number of hydrogen-bond acceptors (Lipinski definition) is 3. The summed E-state index contributed by atoms with van der Waals surface area (Å²) in [6, 6.07) is 2.16. The van der Waals surface area contributed by atoms with Gasteiger partial charge in [-0.05, 0) is 38.5 Å². The second kappa shape index (κ2) is 5.91. The Morgan fingerprint density at radius 3 is 2.81 bits per heavy atom.